The van der Waals surface area contributed by atoms with Crippen molar-refractivity contribution >= 4 is 17.8 Å². The number of hydrogen-bond donors (Lipinski definition) is 2. The van der Waals surface area contributed by atoms with Crippen molar-refractivity contribution < 1.29 is 27.5 Å². The molecule has 0 radical (unpaired) electrons. The molecule has 5 fully saturated rings. The van der Waals surface area contributed by atoms with Gasteiger partial charge in [-0.25, -0.2) is 9.78 Å². The summed E-state index contributed by atoms with van der Waals surface area (Å²) >= 11 is 0. The molecule has 10 heteroatoms. The largest absolute Gasteiger partial charge is 0.446 e. The van der Waals surface area contributed by atoms with Crippen molar-refractivity contribution in [1.82, 2.24) is 9.88 Å². The monoisotopic (exact) mass is 452 g/mol. The van der Waals surface area contributed by atoms with E-state index < -0.39 is 23.2 Å². The van der Waals surface area contributed by atoms with Gasteiger partial charge in [0.1, 0.15) is 11.9 Å². The number of nitrogens with zero attached hydrogens (tertiary/aromatic N) is 2. The highest BCUT2D eigenvalue weighted by Crippen LogP contribution is 2.60. The van der Waals surface area contributed by atoms with E-state index in [1.54, 1.807) is 4.90 Å². The molecule has 4 unspecified atom stereocenters. The number of primary amides is 1. The highest BCUT2D eigenvalue weighted by Gasteiger charge is 2.59. The van der Waals surface area contributed by atoms with E-state index in [9.17, 15) is 22.8 Å². The van der Waals surface area contributed by atoms with Crippen LogP contribution in [0.15, 0.2) is 18.3 Å². The first kappa shape index (κ1) is 21.3. The quantitative estimate of drug-likeness (QED) is 0.730. The van der Waals surface area contributed by atoms with E-state index in [4.69, 9.17) is 10.5 Å². The maximum atomic E-state index is 13.2. The molecule has 2 amide bonds. The third kappa shape index (κ3) is 3.67. The maximum absolute atomic E-state index is 13.2. The summed E-state index contributed by atoms with van der Waals surface area (Å²) in [5.41, 5.74) is 4.45. The fourth-order valence-corrected chi connectivity index (χ4v) is 6.65. The Hall–Kier alpha value is -2.52. The smallest absolute Gasteiger partial charge is 0.419 e. The minimum atomic E-state index is -4.50. The van der Waals surface area contributed by atoms with Gasteiger partial charge in [-0.2, -0.15) is 13.2 Å². The first-order valence-corrected chi connectivity index (χ1v) is 11.2. The Labute approximate surface area is 183 Å². The zero-order valence-corrected chi connectivity index (χ0v) is 17.6. The third-order valence-corrected chi connectivity index (χ3v) is 7.85. The number of nitrogens with two attached hydrogens (primary N) is 1. The van der Waals surface area contributed by atoms with E-state index in [0.29, 0.717) is 31.7 Å². The molecule has 174 valence electrons. The number of ether oxygens (including phenoxy) is 1. The number of aromatic nitrogens is 1. The fraction of sp³-hybridized carbons (Fsp3) is 0.682. The Morgan fingerprint density at radius 2 is 1.94 bits per heavy atom. The van der Waals surface area contributed by atoms with Gasteiger partial charge < -0.3 is 20.7 Å². The van der Waals surface area contributed by atoms with Crippen LogP contribution in [-0.2, 0) is 15.7 Å². The van der Waals surface area contributed by atoms with Gasteiger partial charge in [-0.1, -0.05) is 0 Å². The molecule has 7 nitrogen and oxygen atoms in total. The molecule has 4 aliphatic carbocycles. The topological polar surface area (TPSA) is 97.6 Å². The molecule has 5 aliphatic rings. The lowest BCUT2D eigenvalue weighted by molar-refractivity contribution is -0.161. The number of alkyl halides is 3. The average molecular weight is 452 g/mol. The number of carbonyl (C=O) groups is 2. The van der Waals surface area contributed by atoms with Crippen LogP contribution in [0, 0.1) is 23.2 Å². The molecular weight excluding hydrogens is 425 g/mol. The maximum Gasteiger partial charge on any atom is 0.419 e. The minimum Gasteiger partial charge on any atom is -0.446 e. The molecule has 0 aromatic carbocycles. The van der Waals surface area contributed by atoms with E-state index in [-0.39, 0.29) is 42.3 Å². The van der Waals surface area contributed by atoms with Gasteiger partial charge in [-0.05, 0) is 68.4 Å². The standard InChI is InChI=1S/C22H27F3N4O3/c23-22(24,25)16-2-1-4-27-18(16)28-15-3-5-29(11-15)20(31)32-17-13-6-12-7-14(17)10-21(8-12,9-13)19(26)30/h1-2,4,12-15,17H,3,5-11H2,(H2,26,30)(H,27,28)/t12?,13-,14?,15+,17?,21?/m0/s1. The van der Waals surface area contributed by atoms with Crippen LogP contribution >= 0.6 is 0 Å². The minimum absolute atomic E-state index is 0.150. The lowest BCUT2D eigenvalue weighted by Gasteiger charge is -2.58. The van der Waals surface area contributed by atoms with Crippen molar-refractivity contribution in [3.05, 3.63) is 23.9 Å². The molecule has 0 spiro atoms. The van der Waals surface area contributed by atoms with Gasteiger partial charge in [-0.3, -0.25) is 4.79 Å². The van der Waals surface area contributed by atoms with Gasteiger partial charge in [0.15, 0.2) is 0 Å². The molecule has 2 heterocycles. The average Bonchev–Trinajstić information content (AvgIpc) is 3.18. The van der Waals surface area contributed by atoms with Crippen molar-refractivity contribution in [2.75, 3.05) is 18.4 Å². The zero-order valence-electron chi connectivity index (χ0n) is 17.6. The summed E-state index contributed by atoms with van der Waals surface area (Å²) in [5.74, 6) is 0.312. The molecule has 1 aromatic heterocycles. The van der Waals surface area contributed by atoms with Crippen molar-refractivity contribution in [1.29, 1.82) is 0 Å². The highest BCUT2D eigenvalue weighted by atomic mass is 19.4. The van der Waals surface area contributed by atoms with Crippen LogP contribution in [0.5, 0.6) is 0 Å². The van der Waals surface area contributed by atoms with Gasteiger partial charge in [0.05, 0.1) is 11.0 Å². The Balaban J connectivity index is 1.20. The first-order chi connectivity index (χ1) is 15.1. The predicted octanol–water partition coefficient (Wildman–Crippen LogP) is 3.40. The molecule has 4 bridgehead atoms. The Morgan fingerprint density at radius 1 is 1.22 bits per heavy atom. The van der Waals surface area contributed by atoms with E-state index in [0.717, 1.165) is 25.3 Å². The van der Waals surface area contributed by atoms with Crippen LogP contribution in [-0.4, -0.2) is 47.1 Å². The number of amides is 2. The van der Waals surface area contributed by atoms with E-state index in [1.165, 1.54) is 12.3 Å². The van der Waals surface area contributed by atoms with E-state index in [1.807, 2.05) is 0 Å². The normalized spacial score (nSPS) is 35.7. The summed E-state index contributed by atoms with van der Waals surface area (Å²) in [6.45, 7) is 0.656. The SMILES string of the molecule is NC(=O)C12CC3CC(C1)C(OC(=O)N1CC[C@@H](Nc4ncccc4C(F)(F)F)C1)[C@@H](C3)C2. The summed E-state index contributed by atoms with van der Waals surface area (Å²) in [5, 5.41) is 2.84. The van der Waals surface area contributed by atoms with Crippen molar-refractivity contribution in [2.24, 2.45) is 28.9 Å². The second-order valence-electron chi connectivity index (χ2n) is 9.94. The first-order valence-electron chi connectivity index (χ1n) is 11.2. The van der Waals surface area contributed by atoms with Gasteiger partial charge in [0, 0.05) is 25.3 Å². The van der Waals surface area contributed by atoms with Crippen LogP contribution in [0.1, 0.15) is 44.1 Å². The Bertz CT molecular complexity index is 908. The summed E-state index contributed by atoms with van der Waals surface area (Å²) in [7, 11) is 0. The number of halogens is 3. The van der Waals surface area contributed by atoms with Gasteiger partial charge in [-0.15, -0.1) is 0 Å². The van der Waals surface area contributed by atoms with Crippen molar-refractivity contribution in [2.45, 2.75) is 56.8 Å². The van der Waals surface area contributed by atoms with Crippen LogP contribution in [0.4, 0.5) is 23.8 Å². The summed E-state index contributed by atoms with van der Waals surface area (Å²) in [6, 6.07) is 1.90. The molecular formula is C22H27F3N4O3. The molecule has 4 saturated carbocycles. The number of pyridine rings is 1. The number of nitrogens with one attached hydrogen (secondary N) is 1. The van der Waals surface area contributed by atoms with Gasteiger partial charge in [0.25, 0.3) is 0 Å². The number of hydrogen-bond acceptors (Lipinski definition) is 5. The predicted molar refractivity (Wildman–Crippen MR) is 108 cm³/mol. The fourth-order valence-electron chi connectivity index (χ4n) is 6.65. The highest BCUT2D eigenvalue weighted by molar-refractivity contribution is 5.81. The van der Waals surface area contributed by atoms with E-state index >= 15 is 0 Å². The molecule has 6 atom stereocenters. The zero-order chi connectivity index (χ0) is 22.7. The Morgan fingerprint density at radius 3 is 2.59 bits per heavy atom. The second kappa shape index (κ2) is 7.52. The van der Waals surface area contributed by atoms with Crippen LogP contribution in [0.3, 0.4) is 0 Å². The molecule has 1 aliphatic heterocycles. The summed E-state index contributed by atoms with van der Waals surface area (Å²) in [4.78, 5) is 30.3. The van der Waals surface area contributed by atoms with E-state index in [2.05, 4.69) is 10.3 Å². The molecule has 1 saturated heterocycles. The number of anilines is 1. The third-order valence-electron chi connectivity index (χ3n) is 7.85. The van der Waals surface area contributed by atoms with Crippen molar-refractivity contribution in [3.8, 4) is 0 Å². The molecule has 3 N–H and O–H groups in total. The van der Waals surface area contributed by atoms with Crippen LogP contribution in [0.2, 0.25) is 0 Å². The molecule has 6 rings (SSSR count). The number of likely N-dealkylation sites (tertiary alicyclic amines) is 1. The molecule has 32 heavy (non-hydrogen) atoms. The van der Waals surface area contributed by atoms with Crippen LogP contribution < -0.4 is 11.1 Å². The number of rotatable bonds is 4. The lowest BCUT2D eigenvalue weighted by Crippen LogP contribution is -2.59. The summed E-state index contributed by atoms with van der Waals surface area (Å²) in [6.07, 6.45) is 0.772. The summed E-state index contributed by atoms with van der Waals surface area (Å²) < 4.78 is 45.6. The van der Waals surface area contributed by atoms with Gasteiger partial charge in [0.2, 0.25) is 5.91 Å². The number of carbonyl (C=O) groups excluding carboxylic acids is 2. The van der Waals surface area contributed by atoms with Crippen LogP contribution in [0.25, 0.3) is 0 Å². The Kier molecular flexibility index (Phi) is 5.01. The van der Waals surface area contributed by atoms with Gasteiger partial charge >= 0.3 is 12.3 Å². The molecule has 1 aromatic rings. The second-order valence-corrected chi connectivity index (χ2v) is 9.94. The lowest BCUT2D eigenvalue weighted by atomic mass is 9.48. The van der Waals surface area contributed by atoms with Crippen molar-refractivity contribution in [3.63, 3.8) is 0 Å².